The molecule has 1 aromatic heterocycles. The summed E-state index contributed by atoms with van der Waals surface area (Å²) in [6.45, 7) is 5.68. The van der Waals surface area contributed by atoms with Crippen molar-refractivity contribution in [3.05, 3.63) is 58.9 Å². The van der Waals surface area contributed by atoms with Crippen LogP contribution in [0.3, 0.4) is 0 Å². The van der Waals surface area contributed by atoms with Gasteiger partial charge in [0.05, 0.1) is 10.5 Å². The van der Waals surface area contributed by atoms with Crippen LogP contribution in [-0.4, -0.2) is 42.1 Å². The van der Waals surface area contributed by atoms with Crippen LogP contribution in [0.15, 0.2) is 41.6 Å². The van der Waals surface area contributed by atoms with E-state index in [1.807, 2.05) is 19.1 Å². The molecule has 0 spiro atoms. The number of carbonyl (C=O) groups is 2. The molecule has 1 aromatic carbocycles. The molecule has 9 heteroatoms. The van der Waals surface area contributed by atoms with Gasteiger partial charge in [0.15, 0.2) is 0 Å². The lowest BCUT2D eigenvalue weighted by Gasteiger charge is -2.25. The van der Waals surface area contributed by atoms with Gasteiger partial charge in [-0.3, -0.25) is 25.4 Å². The number of rotatable bonds is 4. The Balaban J connectivity index is 1.77. The second-order valence-electron chi connectivity index (χ2n) is 7.19. The van der Waals surface area contributed by atoms with Crippen LogP contribution in [0.5, 0.6) is 0 Å². The van der Waals surface area contributed by atoms with E-state index >= 15 is 0 Å². The first kappa shape index (κ1) is 20.9. The topological polar surface area (TPSA) is 108 Å². The van der Waals surface area contributed by atoms with Gasteiger partial charge in [-0.1, -0.05) is 17.7 Å². The molecule has 154 valence electrons. The molecule has 1 aliphatic heterocycles. The molecule has 0 aliphatic carbocycles. The minimum atomic E-state index is -3.85. The number of hydrogen-bond acceptors (Lipinski definition) is 5. The van der Waals surface area contributed by atoms with Gasteiger partial charge in [0.25, 0.3) is 11.8 Å². The Labute approximate surface area is 170 Å². The number of aryl methyl sites for hydroxylation is 3. The van der Waals surface area contributed by atoms with Crippen LogP contribution in [0.4, 0.5) is 0 Å². The number of aromatic nitrogens is 1. The van der Waals surface area contributed by atoms with Gasteiger partial charge in [-0.15, -0.1) is 0 Å². The number of benzene rings is 1. The monoisotopic (exact) mass is 416 g/mol. The van der Waals surface area contributed by atoms with Crippen LogP contribution >= 0.6 is 0 Å². The molecule has 0 bridgehead atoms. The van der Waals surface area contributed by atoms with Crippen molar-refractivity contribution in [3.63, 3.8) is 0 Å². The van der Waals surface area contributed by atoms with Crippen LogP contribution in [0.25, 0.3) is 0 Å². The molecular weight excluding hydrogens is 392 g/mol. The predicted octanol–water partition coefficient (Wildman–Crippen LogP) is 1.62. The highest BCUT2D eigenvalue weighted by atomic mass is 32.2. The molecule has 2 amide bonds. The summed E-state index contributed by atoms with van der Waals surface area (Å²) in [7, 11) is -3.85. The summed E-state index contributed by atoms with van der Waals surface area (Å²) < 4.78 is 27.8. The van der Waals surface area contributed by atoms with E-state index in [0.29, 0.717) is 24.0 Å². The third-order valence-corrected chi connectivity index (χ3v) is 7.12. The lowest BCUT2D eigenvalue weighted by atomic mass is 10.1. The number of amides is 2. The molecule has 0 saturated carbocycles. The van der Waals surface area contributed by atoms with Crippen LogP contribution in [0.1, 0.15) is 39.9 Å². The van der Waals surface area contributed by atoms with E-state index < -0.39 is 27.9 Å². The number of nitrogens with zero attached hydrogens (tertiary/aromatic N) is 2. The normalized spacial score (nSPS) is 17.1. The Bertz CT molecular complexity index is 1010. The van der Waals surface area contributed by atoms with E-state index in [0.717, 1.165) is 5.56 Å². The van der Waals surface area contributed by atoms with Crippen LogP contribution < -0.4 is 10.9 Å². The number of sulfonamides is 1. The molecular formula is C20H24N4O4S. The molecule has 29 heavy (non-hydrogen) atoms. The van der Waals surface area contributed by atoms with Gasteiger partial charge in [-0.25, -0.2) is 8.42 Å². The summed E-state index contributed by atoms with van der Waals surface area (Å²) in [5.74, 6) is -1.09. The number of carbonyl (C=O) groups excluding carboxylic acids is 2. The predicted molar refractivity (Wildman–Crippen MR) is 107 cm³/mol. The van der Waals surface area contributed by atoms with Crippen LogP contribution in [-0.2, 0) is 14.8 Å². The largest absolute Gasteiger partial charge is 0.271 e. The fraction of sp³-hybridized carbons (Fsp3) is 0.350. The lowest BCUT2D eigenvalue weighted by Crippen LogP contribution is -2.51. The Hall–Kier alpha value is -2.78. The third kappa shape index (κ3) is 4.30. The highest BCUT2D eigenvalue weighted by Gasteiger charge is 2.40. The molecule has 2 aromatic rings. The summed E-state index contributed by atoms with van der Waals surface area (Å²) >= 11 is 0. The number of pyridine rings is 1. The van der Waals surface area contributed by atoms with Crippen molar-refractivity contribution in [2.45, 2.75) is 44.6 Å². The zero-order valence-electron chi connectivity index (χ0n) is 16.6. The first-order valence-electron chi connectivity index (χ1n) is 9.31. The van der Waals surface area contributed by atoms with Crippen molar-refractivity contribution >= 4 is 21.8 Å². The van der Waals surface area contributed by atoms with E-state index in [1.165, 1.54) is 16.7 Å². The highest BCUT2D eigenvalue weighted by Crippen LogP contribution is 2.30. The molecule has 0 radical (unpaired) electrons. The van der Waals surface area contributed by atoms with Gasteiger partial charge < -0.3 is 0 Å². The Morgan fingerprint density at radius 1 is 1.14 bits per heavy atom. The minimum absolute atomic E-state index is 0.238. The summed E-state index contributed by atoms with van der Waals surface area (Å²) in [6.07, 6.45) is 3.86. The zero-order chi connectivity index (χ0) is 21.2. The molecule has 1 atom stereocenters. The zero-order valence-corrected chi connectivity index (χ0v) is 17.4. The van der Waals surface area contributed by atoms with Crippen molar-refractivity contribution in [1.82, 2.24) is 20.1 Å². The molecule has 8 nitrogen and oxygen atoms in total. The van der Waals surface area contributed by atoms with Gasteiger partial charge in [0.1, 0.15) is 6.04 Å². The van der Waals surface area contributed by atoms with Gasteiger partial charge >= 0.3 is 0 Å². The second kappa shape index (κ2) is 8.30. The standard InChI is InChI=1S/C20H24N4O4S/c1-13-10-14(2)18(15(3)11-13)29(27,28)24-9-5-7-17(24)20(26)23-22-19(25)16-6-4-8-21-12-16/h4,6,8,10-12,17H,5,7,9H2,1-3H3,(H,22,25)(H,23,26). The average molecular weight is 417 g/mol. The van der Waals surface area contributed by atoms with E-state index in [4.69, 9.17) is 0 Å². The Morgan fingerprint density at radius 3 is 2.45 bits per heavy atom. The molecule has 1 fully saturated rings. The first-order chi connectivity index (χ1) is 13.7. The van der Waals surface area contributed by atoms with E-state index in [2.05, 4.69) is 15.8 Å². The van der Waals surface area contributed by atoms with Crippen molar-refractivity contribution in [2.75, 3.05) is 6.54 Å². The maximum atomic E-state index is 13.3. The summed E-state index contributed by atoms with van der Waals surface area (Å²) in [4.78, 5) is 28.8. The van der Waals surface area contributed by atoms with Crippen molar-refractivity contribution in [1.29, 1.82) is 0 Å². The highest BCUT2D eigenvalue weighted by molar-refractivity contribution is 7.89. The summed E-state index contributed by atoms with van der Waals surface area (Å²) in [6, 6.07) is 5.92. The van der Waals surface area contributed by atoms with Gasteiger partial charge in [0, 0.05) is 18.9 Å². The van der Waals surface area contributed by atoms with Gasteiger partial charge in [0.2, 0.25) is 10.0 Å². The lowest BCUT2D eigenvalue weighted by molar-refractivity contribution is -0.125. The quantitative estimate of drug-likeness (QED) is 0.737. The molecule has 2 heterocycles. The van der Waals surface area contributed by atoms with Crippen molar-refractivity contribution in [2.24, 2.45) is 0 Å². The van der Waals surface area contributed by atoms with E-state index in [9.17, 15) is 18.0 Å². The first-order valence-corrected chi connectivity index (χ1v) is 10.8. The van der Waals surface area contributed by atoms with E-state index in [-0.39, 0.29) is 17.0 Å². The molecule has 1 aliphatic rings. The van der Waals surface area contributed by atoms with Gasteiger partial charge in [-0.2, -0.15) is 4.31 Å². The number of nitrogens with one attached hydrogen (secondary N) is 2. The van der Waals surface area contributed by atoms with E-state index in [1.54, 1.807) is 26.0 Å². The van der Waals surface area contributed by atoms with Crippen LogP contribution in [0, 0.1) is 20.8 Å². The van der Waals surface area contributed by atoms with Crippen LogP contribution in [0.2, 0.25) is 0 Å². The number of hydrogen-bond donors (Lipinski definition) is 2. The average Bonchev–Trinajstić information content (AvgIpc) is 3.16. The summed E-state index contributed by atoms with van der Waals surface area (Å²) in [5.41, 5.74) is 7.23. The Kier molecular flexibility index (Phi) is 5.99. The fourth-order valence-corrected chi connectivity index (χ4v) is 5.82. The van der Waals surface area contributed by atoms with Crippen molar-refractivity contribution in [3.8, 4) is 0 Å². The maximum absolute atomic E-state index is 13.3. The molecule has 2 N–H and O–H groups in total. The molecule has 3 rings (SSSR count). The van der Waals surface area contributed by atoms with Crippen molar-refractivity contribution < 1.29 is 18.0 Å². The fourth-order valence-electron chi connectivity index (χ4n) is 3.75. The maximum Gasteiger partial charge on any atom is 0.271 e. The summed E-state index contributed by atoms with van der Waals surface area (Å²) in [5, 5.41) is 0. The molecule has 1 unspecified atom stereocenters. The SMILES string of the molecule is Cc1cc(C)c(S(=O)(=O)N2CCCC2C(=O)NNC(=O)c2cccnc2)c(C)c1. The number of hydrazine groups is 1. The molecule has 1 saturated heterocycles. The second-order valence-corrected chi connectivity index (χ2v) is 9.01. The third-order valence-electron chi connectivity index (χ3n) is 4.90. The van der Waals surface area contributed by atoms with Gasteiger partial charge in [-0.05, 0) is 56.9 Å². The minimum Gasteiger partial charge on any atom is -0.271 e. The smallest absolute Gasteiger partial charge is 0.271 e. The Morgan fingerprint density at radius 2 is 1.83 bits per heavy atom.